The van der Waals surface area contributed by atoms with Crippen LogP contribution in [-0.2, 0) is 19.7 Å². The minimum Gasteiger partial charge on any atom is -0.497 e. The molecular weight excluding hydrogens is 380 g/mol. The number of amides is 1. The Morgan fingerprint density at radius 2 is 2.07 bits per heavy atom. The van der Waals surface area contributed by atoms with E-state index in [1.54, 1.807) is 7.11 Å². The van der Waals surface area contributed by atoms with Crippen molar-refractivity contribution in [2.45, 2.75) is 51.6 Å². The highest BCUT2D eigenvalue weighted by Gasteiger charge is 2.60. The molecule has 1 amide bonds. The van der Waals surface area contributed by atoms with Gasteiger partial charge in [0.05, 0.1) is 13.0 Å². The number of carbonyl (C=O) groups excluding carboxylic acids is 2. The average molecular weight is 415 g/mol. The Hall–Kier alpha value is -2.08. The van der Waals surface area contributed by atoms with Crippen LogP contribution in [0.5, 0.6) is 5.75 Å². The summed E-state index contributed by atoms with van der Waals surface area (Å²) in [5.41, 5.74) is 0.680. The molecule has 6 heteroatoms. The van der Waals surface area contributed by atoms with Crippen LogP contribution >= 0.6 is 0 Å². The van der Waals surface area contributed by atoms with E-state index in [2.05, 4.69) is 31.0 Å². The lowest BCUT2D eigenvalue weighted by Gasteiger charge is -2.38. The van der Waals surface area contributed by atoms with Crippen LogP contribution in [0, 0.1) is 23.7 Å². The highest BCUT2D eigenvalue weighted by Crippen LogP contribution is 2.49. The SMILES string of the molecule is COc1ccc2c(c1)[C@@]1(CN(C)C[C@H]1C(=O)O[C@@H]1C[C@H](C)CC[C@H]1C(C)C)C(=O)N2. The fourth-order valence-corrected chi connectivity index (χ4v) is 5.81. The van der Waals surface area contributed by atoms with Gasteiger partial charge < -0.3 is 19.7 Å². The first kappa shape index (κ1) is 21.2. The second-order valence-corrected chi connectivity index (χ2v) is 9.89. The summed E-state index contributed by atoms with van der Waals surface area (Å²) in [5.74, 6) is 1.20. The third-order valence-corrected chi connectivity index (χ3v) is 7.48. The molecule has 1 saturated heterocycles. The van der Waals surface area contributed by atoms with Crippen molar-refractivity contribution in [3.8, 4) is 5.75 Å². The number of likely N-dealkylation sites (N-methyl/N-ethyl adjacent to an activating group) is 1. The number of benzene rings is 1. The normalized spacial score (nSPS) is 33.6. The fourth-order valence-electron chi connectivity index (χ4n) is 5.81. The number of rotatable bonds is 4. The molecule has 1 saturated carbocycles. The van der Waals surface area contributed by atoms with Gasteiger partial charge in [-0.15, -0.1) is 0 Å². The van der Waals surface area contributed by atoms with Gasteiger partial charge in [0.15, 0.2) is 0 Å². The van der Waals surface area contributed by atoms with E-state index >= 15 is 0 Å². The van der Waals surface area contributed by atoms with Crippen LogP contribution in [0.15, 0.2) is 18.2 Å². The summed E-state index contributed by atoms with van der Waals surface area (Å²) >= 11 is 0. The molecule has 2 fully saturated rings. The highest BCUT2D eigenvalue weighted by molar-refractivity contribution is 6.09. The molecule has 2 aliphatic heterocycles. The third-order valence-electron chi connectivity index (χ3n) is 7.48. The first-order valence-electron chi connectivity index (χ1n) is 11.1. The first-order valence-corrected chi connectivity index (χ1v) is 11.1. The minimum absolute atomic E-state index is 0.0709. The van der Waals surface area contributed by atoms with E-state index in [9.17, 15) is 9.59 Å². The van der Waals surface area contributed by atoms with Gasteiger partial charge in [-0.05, 0) is 61.4 Å². The average Bonchev–Trinajstić information content (AvgIpc) is 3.19. The molecule has 3 aliphatic rings. The fraction of sp³-hybridized carbons (Fsp3) is 0.667. The molecule has 0 bridgehead atoms. The van der Waals surface area contributed by atoms with Crippen molar-refractivity contribution in [1.29, 1.82) is 0 Å². The molecule has 6 nitrogen and oxygen atoms in total. The second kappa shape index (κ2) is 7.88. The van der Waals surface area contributed by atoms with Crippen LogP contribution in [0.1, 0.15) is 45.6 Å². The van der Waals surface area contributed by atoms with Crippen LogP contribution in [0.2, 0.25) is 0 Å². The topological polar surface area (TPSA) is 67.9 Å². The number of nitrogens with one attached hydrogen (secondary N) is 1. The molecule has 2 heterocycles. The largest absolute Gasteiger partial charge is 0.497 e. The van der Waals surface area contributed by atoms with E-state index in [4.69, 9.17) is 9.47 Å². The van der Waals surface area contributed by atoms with Gasteiger partial charge in [0.25, 0.3) is 0 Å². The summed E-state index contributed by atoms with van der Waals surface area (Å²) in [6, 6.07) is 5.59. The van der Waals surface area contributed by atoms with Gasteiger partial charge in [-0.2, -0.15) is 0 Å². The van der Waals surface area contributed by atoms with E-state index in [1.807, 2.05) is 25.2 Å². The van der Waals surface area contributed by atoms with Crippen molar-refractivity contribution in [2.75, 3.05) is 32.6 Å². The number of anilines is 1. The molecule has 1 spiro atoms. The summed E-state index contributed by atoms with van der Waals surface area (Å²) in [5, 5.41) is 3.00. The maximum Gasteiger partial charge on any atom is 0.312 e. The Bertz CT molecular complexity index is 838. The Kier molecular flexibility index (Phi) is 5.56. The Morgan fingerprint density at radius 1 is 1.30 bits per heavy atom. The summed E-state index contributed by atoms with van der Waals surface area (Å²) in [4.78, 5) is 28.8. The van der Waals surface area contributed by atoms with Crippen molar-refractivity contribution in [2.24, 2.45) is 23.7 Å². The van der Waals surface area contributed by atoms with Crippen molar-refractivity contribution in [3.63, 3.8) is 0 Å². The molecule has 4 rings (SSSR count). The second-order valence-electron chi connectivity index (χ2n) is 9.89. The Balaban J connectivity index is 1.65. The monoisotopic (exact) mass is 414 g/mol. The van der Waals surface area contributed by atoms with Crippen molar-refractivity contribution in [1.82, 2.24) is 4.90 Å². The van der Waals surface area contributed by atoms with E-state index < -0.39 is 11.3 Å². The number of carbonyl (C=O) groups is 2. The summed E-state index contributed by atoms with van der Waals surface area (Å²) in [7, 11) is 3.57. The van der Waals surface area contributed by atoms with Crippen LogP contribution in [0.3, 0.4) is 0 Å². The van der Waals surface area contributed by atoms with Crippen LogP contribution in [0.4, 0.5) is 5.69 Å². The predicted octanol–water partition coefficient (Wildman–Crippen LogP) is 3.45. The number of hydrogen-bond acceptors (Lipinski definition) is 5. The highest BCUT2D eigenvalue weighted by atomic mass is 16.5. The van der Waals surface area contributed by atoms with E-state index in [0.29, 0.717) is 36.6 Å². The van der Waals surface area contributed by atoms with Crippen LogP contribution in [0.25, 0.3) is 0 Å². The molecule has 0 radical (unpaired) electrons. The zero-order valence-corrected chi connectivity index (χ0v) is 18.7. The molecule has 1 aromatic carbocycles. The molecule has 30 heavy (non-hydrogen) atoms. The maximum absolute atomic E-state index is 13.5. The van der Waals surface area contributed by atoms with Gasteiger partial charge in [0.2, 0.25) is 5.91 Å². The number of fused-ring (bicyclic) bond motifs is 2. The van der Waals surface area contributed by atoms with Gasteiger partial charge >= 0.3 is 5.97 Å². The van der Waals surface area contributed by atoms with E-state index in [1.165, 1.54) is 6.42 Å². The van der Waals surface area contributed by atoms with Crippen LogP contribution in [-0.4, -0.2) is 50.1 Å². The maximum atomic E-state index is 13.5. The zero-order valence-electron chi connectivity index (χ0n) is 18.7. The molecule has 0 aromatic heterocycles. The van der Waals surface area contributed by atoms with Gasteiger partial charge in [0.1, 0.15) is 17.3 Å². The first-order chi connectivity index (χ1) is 14.3. The summed E-state index contributed by atoms with van der Waals surface area (Å²) in [6.07, 6.45) is 3.11. The minimum atomic E-state index is -0.927. The Morgan fingerprint density at radius 3 is 2.77 bits per heavy atom. The zero-order chi connectivity index (χ0) is 21.6. The van der Waals surface area contributed by atoms with E-state index in [0.717, 1.165) is 24.1 Å². The molecule has 5 atom stereocenters. The third kappa shape index (κ3) is 3.39. The van der Waals surface area contributed by atoms with E-state index in [-0.39, 0.29) is 18.0 Å². The number of ether oxygens (including phenoxy) is 2. The molecule has 1 N–H and O–H groups in total. The number of hydrogen-bond donors (Lipinski definition) is 1. The molecule has 164 valence electrons. The van der Waals surface area contributed by atoms with Crippen molar-refractivity contribution < 1.29 is 19.1 Å². The lowest BCUT2D eigenvalue weighted by Crippen LogP contribution is -2.47. The quantitative estimate of drug-likeness (QED) is 0.765. The van der Waals surface area contributed by atoms with Gasteiger partial charge in [0, 0.05) is 18.8 Å². The lowest BCUT2D eigenvalue weighted by molar-refractivity contribution is -0.163. The summed E-state index contributed by atoms with van der Waals surface area (Å²) < 4.78 is 11.6. The standard InChI is InChI=1S/C24H34N2O4/c1-14(2)17-8-6-15(3)10-21(17)30-22(27)19-12-26(4)13-24(19)18-11-16(29-5)7-9-20(18)25-23(24)28/h7,9,11,14-15,17,19,21H,6,8,10,12-13H2,1-5H3,(H,25,28)/t15-,17+,19+,21-,24-/m1/s1. The predicted molar refractivity (Wildman–Crippen MR) is 116 cm³/mol. The number of esters is 1. The smallest absolute Gasteiger partial charge is 0.312 e. The number of methoxy groups -OCH3 is 1. The van der Waals surface area contributed by atoms with Gasteiger partial charge in [-0.1, -0.05) is 27.2 Å². The van der Waals surface area contributed by atoms with Crippen LogP contribution < -0.4 is 10.1 Å². The molecular formula is C24H34N2O4. The number of likely N-dealkylation sites (tertiary alicyclic amines) is 1. The molecule has 1 aliphatic carbocycles. The lowest BCUT2D eigenvalue weighted by atomic mass is 9.72. The number of nitrogens with zero attached hydrogens (tertiary/aromatic N) is 1. The van der Waals surface area contributed by atoms with Crippen molar-refractivity contribution in [3.05, 3.63) is 23.8 Å². The van der Waals surface area contributed by atoms with Gasteiger partial charge in [-0.3, -0.25) is 9.59 Å². The van der Waals surface area contributed by atoms with Crippen molar-refractivity contribution >= 4 is 17.6 Å². The Labute approximate surface area is 179 Å². The molecule has 0 unspecified atom stereocenters. The van der Waals surface area contributed by atoms with Gasteiger partial charge in [-0.25, -0.2) is 0 Å². The summed E-state index contributed by atoms with van der Waals surface area (Å²) in [6.45, 7) is 7.65. The molecule has 1 aromatic rings.